The minimum absolute atomic E-state index is 0.117. The maximum atomic E-state index is 11.9. The fourth-order valence-electron chi connectivity index (χ4n) is 1.33. The van der Waals surface area contributed by atoms with E-state index in [2.05, 4.69) is 14.7 Å². The van der Waals surface area contributed by atoms with Crippen molar-refractivity contribution in [1.29, 1.82) is 0 Å². The van der Waals surface area contributed by atoms with Crippen molar-refractivity contribution >= 4 is 11.4 Å². The second-order valence-corrected chi connectivity index (χ2v) is 7.34. The normalized spacial score (nSPS) is 15.4. The summed E-state index contributed by atoms with van der Waals surface area (Å²) in [5.74, 6) is 0. The molecule has 1 unspecified atom stereocenters. The van der Waals surface area contributed by atoms with Crippen LogP contribution in [0.3, 0.4) is 0 Å². The third-order valence-corrected chi connectivity index (χ3v) is 4.16. The summed E-state index contributed by atoms with van der Waals surface area (Å²) in [6.07, 6.45) is 2.89. The van der Waals surface area contributed by atoms with E-state index in [0.29, 0.717) is 6.42 Å². The number of aromatic amines is 1. The fourth-order valence-corrected chi connectivity index (χ4v) is 2.17. The first-order valence-electron chi connectivity index (χ1n) is 6.00. The molecule has 2 N–H and O–H groups in total. The van der Waals surface area contributed by atoms with Crippen LogP contribution >= 0.6 is 0 Å². The molecule has 0 aliphatic rings. The van der Waals surface area contributed by atoms with Crippen molar-refractivity contribution in [3.05, 3.63) is 28.4 Å². The second-order valence-electron chi connectivity index (χ2n) is 5.34. The van der Waals surface area contributed by atoms with Crippen LogP contribution in [0.1, 0.15) is 39.8 Å². The van der Waals surface area contributed by atoms with Gasteiger partial charge in [-0.15, -0.1) is 4.72 Å². The van der Waals surface area contributed by atoms with Gasteiger partial charge in [0.15, 0.2) is 0 Å². The van der Waals surface area contributed by atoms with Crippen molar-refractivity contribution in [2.75, 3.05) is 0 Å². The van der Waals surface area contributed by atoms with E-state index in [9.17, 15) is 9.35 Å². The van der Waals surface area contributed by atoms with Gasteiger partial charge in [-0.05, 0) is 40.5 Å². The van der Waals surface area contributed by atoms with Crippen LogP contribution in [0.2, 0.25) is 0 Å². The molecule has 102 valence electrons. The van der Waals surface area contributed by atoms with E-state index in [1.165, 1.54) is 12.4 Å². The van der Waals surface area contributed by atoms with E-state index < -0.39 is 11.4 Å². The number of aromatic nitrogens is 2. The van der Waals surface area contributed by atoms with Crippen LogP contribution in [0, 0.1) is 0 Å². The molecule has 1 aromatic heterocycles. The Hall–Kier alpha value is -0.850. The average molecular weight is 271 g/mol. The molecule has 5 nitrogen and oxygen atoms in total. The Morgan fingerprint density at radius 3 is 2.78 bits per heavy atom. The van der Waals surface area contributed by atoms with Crippen LogP contribution in [0.4, 0.5) is 0 Å². The van der Waals surface area contributed by atoms with Gasteiger partial charge >= 0.3 is 0 Å². The van der Waals surface area contributed by atoms with Crippen LogP contribution < -0.4 is 10.3 Å². The molecule has 0 aliphatic heterocycles. The SMILES string of the molecule is C[C@H](CCc1cc(=O)[nH]cn1)N[S+]([O-])C(C)(C)C. The van der Waals surface area contributed by atoms with E-state index >= 15 is 0 Å². The van der Waals surface area contributed by atoms with Gasteiger partial charge in [0.1, 0.15) is 4.75 Å². The zero-order chi connectivity index (χ0) is 13.8. The molecule has 18 heavy (non-hydrogen) atoms. The number of rotatable bonds is 5. The zero-order valence-corrected chi connectivity index (χ0v) is 12.1. The Kier molecular flexibility index (Phi) is 5.37. The highest BCUT2D eigenvalue weighted by Gasteiger charge is 2.27. The molecule has 0 saturated heterocycles. The molecular formula is C12H21N3O2S. The van der Waals surface area contributed by atoms with Crippen LogP contribution in [-0.4, -0.2) is 25.3 Å². The van der Waals surface area contributed by atoms with Gasteiger partial charge in [-0.3, -0.25) is 4.79 Å². The van der Waals surface area contributed by atoms with Crippen molar-refractivity contribution < 1.29 is 4.55 Å². The van der Waals surface area contributed by atoms with Gasteiger partial charge in [-0.2, -0.15) is 0 Å². The quantitative estimate of drug-likeness (QED) is 0.787. The first-order chi connectivity index (χ1) is 8.29. The number of hydrogen-bond acceptors (Lipinski definition) is 4. The Morgan fingerprint density at radius 1 is 1.56 bits per heavy atom. The molecule has 0 fully saturated rings. The second kappa shape index (κ2) is 6.36. The largest absolute Gasteiger partial charge is 0.598 e. The topological polar surface area (TPSA) is 80.8 Å². The highest BCUT2D eigenvalue weighted by molar-refractivity contribution is 7.90. The third kappa shape index (κ3) is 5.20. The first kappa shape index (κ1) is 15.2. The van der Waals surface area contributed by atoms with Crippen molar-refractivity contribution in [1.82, 2.24) is 14.7 Å². The lowest BCUT2D eigenvalue weighted by molar-refractivity contribution is 0.516. The van der Waals surface area contributed by atoms with E-state index in [1.807, 2.05) is 27.7 Å². The number of aryl methyl sites for hydroxylation is 1. The lowest BCUT2D eigenvalue weighted by Gasteiger charge is -2.26. The number of nitrogens with one attached hydrogen (secondary N) is 2. The molecule has 6 heteroatoms. The molecule has 0 bridgehead atoms. The molecule has 0 saturated carbocycles. The van der Waals surface area contributed by atoms with E-state index in [-0.39, 0.29) is 16.3 Å². The summed E-state index contributed by atoms with van der Waals surface area (Å²) in [4.78, 5) is 17.6. The fraction of sp³-hybridized carbons (Fsp3) is 0.667. The Labute approximate surface area is 111 Å². The Morgan fingerprint density at radius 2 is 2.22 bits per heavy atom. The Bertz CT molecular complexity index is 428. The van der Waals surface area contributed by atoms with Gasteiger partial charge < -0.3 is 9.54 Å². The van der Waals surface area contributed by atoms with Crippen LogP contribution in [-0.2, 0) is 17.8 Å². The van der Waals surface area contributed by atoms with Gasteiger partial charge in [0.2, 0.25) is 0 Å². The molecule has 1 aromatic rings. The van der Waals surface area contributed by atoms with Crippen molar-refractivity contribution in [3.63, 3.8) is 0 Å². The van der Waals surface area contributed by atoms with Crippen LogP contribution in [0.15, 0.2) is 17.2 Å². The van der Waals surface area contributed by atoms with Gasteiger partial charge in [0.25, 0.3) is 5.56 Å². The molecule has 0 radical (unpaired) electrons. The molecule has 2 atom stereocenters. The number of H-pyrrole nitrogens is 1. The Balaban J connectivity index is 2.42. The molecule has 1 heterocycles. The van der Waals surface area contributed by atoms with Gasteiger partial charge in [0.05, 0.1) is 12.4 Å². The smallest absolute Gasteiger partial charge is 0.250 e. The molecule has 1 rings (SSSR count). The summed E-state index contributed by atoms with van der Waals surface area (Å²) >= 11 is -1.07. The lowest BCUT2D eigenvalue weighted by Crippen LogP contribution is -2.43. The monoisotopic (exact) mass is 271 g/mol. The highest BCUT2D eigenvalue weighted by atomic mass is 32.2. The molecule has 0 aromatic carbocycles. The summed E-state index contributed by atoms with van der Waals surface area (Å²) in [6, 6.07) is 1.61. The molecule has 0 amide bonds. The molecule has 0 spiro atoms. The minimum atomic E-state index is -1.07. The highest BCUT2D eigenvalue weighted by Crippen LogP contribution is 2.14. The van der Waals surface area contributed by atoms with Gasteiger partial charge in [-0.1, -0.05) is 0 Å². The zero-order valence-electron chi connectivity index (χ0n) is 11.3. The predicted octanol–water partition coefficient (Wildman–Crippen LogP) is 1.14. The number of hydrogen-bond donors (Lipinski definition) is 2. The molecule has 0 aliphatic carbocycles. The standard InChI is InChI=1S/C12H21N3O2S/c1-9(15-18(17)12(2,3)4)5-6-10-7-11(16)14-8-13-10/h7-9,15H,5-6H2,1-4H3,(H,13,14,16)/t9-,18?/m1/s1. The van der Waals surface area contributed by atoms with Gasteiger partial charge in [0, 0.05) is 23.1 Å². The summed E-state index contributed by atoms with van der Waals surface area (Å²) < 4.78 is 14.7. The van der Waals surface area contributed by atoms with E-state index in [4.69, 9.17) is 0 Å². The van der Waals surface area contributed by atoms with Gasteiger partial charge in [-0.25, -0.2) is 4.98 Å². The van der Waals surface area contributed by atoms with Crippen LogP contribution in [0.25, 0.3) is 0 Å². The maximum absolute atomic E-state index is 11.9. The summed E-state index contributed by atoms with van der Waals surface area (Å²) in [6.45, 7) is 7.78. The van der Waals surface area contributed by atoms with Crippen molar-refractivity contribution in [2.24, 2.45) is 0 Å². The maximum Gasteiger partial charge on any atom is 0.250 e. The number of nitrogens with zero attached hydrogens (tertiary/aromatic N) is 1. The lowest BCUT2D eigenvalue weighted by atomic mass is 10.1. The average Bonchev–Trinajstić information content (AvgIpc) is 2.25. The summed E-state index contributed by atoms with van der Waals surface area (Å²) in [5, 5.41) is 0. The van der Waals surface area contributed by atoms with Crippen LogP contribution in [0.5, 0.6) is 0 Å². The van der Waals surface area contributed by atoms with Crippen molar-refractivity contribution in [3.8, 4) is 0 Å². The third-order valence-electron chi connectivity index (χ3n) is 2.43. The van der Waals surface area contributed by atoms with Crippen molar-refractivity contribution in [2.45, 2.75) is 51.3 Å². The predicted molar refractivity (Wildman–Crippen MR) is 73.7 cm³/mol. The first-order valence-corrected chi connectivity index (χ1v) is 7.15. The summed E-state index contributed by atoms with van der Waals surface area (Å²) in [7, 11) is 0. The summed E-state index contributed by atoms with van der Waals surface area (Å²) in [5.41, 5.74) is 0.618. The van der Waals surface area contributed by atoms with E-state index in [1.54, 1.807) is 0 Å². The van der Waals surface area contributed by atoms with E-state index in [0.717, 1.165) is 12.1 Å². The molecular weight excluding hydrogens is 250 g/mol. The minimum Gasteiger partial charge on any atom is -0.598 e.